The fourth-order valence-electron chi connectivity index (χ4n) is 2.55. The van der Waals surface area contributed by atoms with Crippen molar-refractivity contribution in [3.63, 3.8) is 0 Å². The molecule has 0 saturated heterocycles. The molecule has 1 aromatic heterocycles. The second-order valence-corrected chi connectivity index (χ2v) is 6.15. The maximum Gasteiger partial charge on any atom is 0.435 e. The number of benzene rings is 2. The third kappa shape index (κ3) is 4.11. The molecule has 0 atom stereocenters. The zero-order valence-corrected chi connectivity index (χ0v) is 14.6. The van der Waals surface area contributed by atoms with Crippen molar-refractivity contribution in [3.05, 3.63) is 70.8 Å². The van der Waals surface area contributed by atoms with Crippen molar-refractivity contribution in [3.8, 4) is 11.1 Å². The van der Waals surface area contributed by atoms with Crippen LogP contribution in [0.3, 0.4) is 0 Å². The highest BCUT2D eigenvalue weighted by Crippen LogP contribution is 2.33. The van der Waals surface area contributed by atoms with Gasteiger partial charge in [-0.25, -0.2) is 4.39 Å². The summed E-state index contributed by atoms with van der Waals surface area (Å²) in [6.07, 6.45) is -3.81. The van der Waals surface area contributed by atoms with E-state index in [-0.39, 0.29) is 5.69 Å². The maximum atomic E-state index is 13.7. The number of carbonyl (C=O) groups is 1. The summed E-state index contributed by atoms with van der Waals surface area (Å²) in [5.41, 5.74) is -0.927. The van der Waals surface area contributed by atoms with E-state index in [1.54, 1.807) is 24.3 Å². The van der Waals surface area contributed by atoms with Crippen LogP contribution in [0.1, 0.15) is 16.1 Å². The first-order chi connectivity index (χ1) is 12.6. The van der Waals surface area contributed by atoms with E-state index in [0.29, 0.717) is 16.1 Å². The molecule has 27 heavy (non-hydrogen) atoms. The van der Waals surface area contributed by atoms with Gasteiger partial charge in [0.25, 0.3) is 5.91 Å². The molecule has 0 unspecified atom stereocenters. The smallest absolute Gasteiger partial charge is 0.321 e. The van der Waals surface area contributed by atoms with Crippen molar-refractivity contribution in [1.29, 1.82) is 0 Å². The number of aromatic nitrogens is 2. The van der Waals surface area contributed by atoms with Crippen LogP contribution in [0.15, 0.2) is 48.7 Å². The van der Waals surface area contributed by atoms with E-state index in [2.05, 4.69) is 10.4 Å². The lowest BCUT2D eigenvalue weighted by Gasteiger charge is -2.12. The Kier molecular flexibility index (Phi) is 4.93. The Hall–Kier alpha value is -2.87. The molecule has 0 aliphatic carbocycles. The first-order valence-electron chi connectivity index (χ1n) is 7.63. The van der Waals surface area contributed by atoms with Crippen LogP contribution in [-0.4, -0.2) is 15.7 Å². The lowest BCUT2D eigenvalue weighted by Crippen LogP contribution is -2.18. The van der Waals surface area contributed by atoms with Gasteiger partial charge in [-0.15, -0.1) is 0 Å². The van der Waals surface area contributed by atoms with Gasteiger partial charge in [-0.2, -0.15) is 18.3 Å². The highest BCUT2D eigenvalue weighted by molar-refractivity contribution is 6.30. The normalized spacial score (nSPS) is 11.5. The van der Waals surface area contributed by atoms with Crippen LogP contribution in [0.4, 0.5) is 23.2 Å². The van der Waals surface area contributed by atoms with Gasteiger partial charge in [-0.1, -0.05) is 23.7 Å². The predicted molar refractivity (Wildman–Crippen MR) is 93.0 cm³/mol. The maximum absolute atomic E-state index is 13.7. The molecular weight excluding hydrogens is 386 g/mol. The molecule has 0 radical (unpaired) electrons. The molecule has 1 amide bonds. The molecule has 1 heterocycles. The molecular formula is C18H12ClF4N3O. The second-order valence-electron chi connectivity index (χ2n) is 5.71. The van der Waals surface area contributed by atoms with E-state index < -0.39 is 29.2 Å². The minimum absolute atomic E-state index is 0.153. The quantitative estimate of drug-likeness (QED) is 0.621. The van der Waals surface area contributed by atoms with Crippen LogP contribution in [0, 0.1) is 5.82 Å². The Morgan fingerprint density at radius 2 is 1.81 bits per heavy atom. The highest BCUT2D eigenvalue weighted by Gasteiger charge is 2.39. The van der Waals surface area contributed by atoms with E-state index in [1.165, 1.54) is 19.2 Å². The zero-order valence-electron chi connectivity index (χ0n) is 13.8. The van der Waals surface area contributed by atoms with E-state index in [1.807, 2.05) is 0 Å². The fraction of sp³-hybridized carbons (Fsp3) is 0.111. The van der Waals surface area contributed by atoms with Crippen LogP contribution in [0.2, 0.25) is 5.02 Å². The van der Waals surface area contributed by atoms with Crippen LogP contribution in [-0.2, 0) is 13.2 Å². The predicted octanol–water partition coefficient (Wildman–Crippen LogP) is 5.15. The minimum atomic E-state index is -4.78. The molecule has 3 aromatic rings. The minimum Gasteiger partial charge on any atom is -0.321 e. The van der Waals surface area contributed by atoms with Crippen LogP contribution in [0.5, 0.6) is 0 Å². The van der Waals surface area contributed by atoms with E-state index in [0.717, 1.165) is 16.9 Å². The number of nitrogens with zero attached hydrogens (tertiary/aromatic N) is 2. The number of hydrogen-bond acceptors (Lipinski definition) is 2. The molecule has 9 heteroatoms. The van der Waals surface area contributed by atoms with E-state index >= 15 is 0 Å². The van der Waals surface area contributed by atoms with Crippen LogP contribution in [0.25, 0.3) is 11.1 Å². The van der Waals surface area contributed by atoms with Crippen molar-refractivity contribution in [2.75, 3.05) is 5.32 Å². The zero-order chi connectivity index (χ0) is 19.8. The second kappa shape index (κ2) is 7.03. The first-order valence-corrected chi connectivity index (χ1v) is 8.00. The van der Waals surface area contributed by atoms with Crippen molar-refractivity contribution in [2.45, 2.75) is 6.18 Å². The summed E-state index contributed by atoms with van der Waals surface area (Å²) in [6.45, 7) is 0. The molecule has 0 saturated carbocycles. The average molecular weight is 398 g/mol. The monoisotopic (exact) mass is 397 g/mol. The summed E-state index contributed by atoms with van der Waals surface area (Å²) in [6, 6.07) is 9.93. The first kappa shape index (κ1) is 18.9. The van der Waals surface area contributed by atoms with Gasteiger partial charge in [0.2, 0.25) is 0 Å². The molecule has 0 bridgehead atoms. The molecule has 2 aromatic carbocycles. The molecule has 140 valence electrons. The van der Waals surface area contributed by atoms with Crippen molar-refractivity contribution in [2.24, 2.45) is 7.05 Å². The number of halogens is 5. The van der Waals surface area contributed by atoms with Gasteiger partial charge in [0.15, 0.2) is 5.69 Å². The number of anilines is 1. The van der Waals surface area contributed by atoms with Gasteiger partial charge in [0.05, 0.1) is 5.56 Å². The molecule has 0 spiro atoms. The highest BCUT2D eigenvalue weighted by atomic mass is 35.5. The fourth-order valence-corrected chi connectivity index (χ4v) is 2.67. The molecule has 0 fully saturated rings. The van der Waals surface area contributed by atoms with Crippen molar-refractivity contribution < 1.29 is 22.4 Å². The van der Waals surface area contributed by atoms with Gasteiger partial charge >= 0.3 is 6.18 Å². The summed E-state index contributed by atoms with van der Waals surface area (Å²) in [4.78, 5) is 12.4. The number of aryl methyl sites for hydroxylation is 1. The standard InChI is InChI=1S/C18H12ClF4N3O/c1-26-9-14(16(25-26)18(21,22)23)17(27)24-15-7-6-12(20)8-13(15)10-2-4-11(19)5-3-10/h2-9H,1H3,(H,24,27). The van der Waals surface area contributed by atoms with Crippen molar-refractivity contribution >= 4 is 23.2 Å². The number of carbonyl (C=O) groups excluding carboxylic acids is 1. The molecule has 3 rings (SSSR count). The van der Waals surface area contributed by atoms with Crippen LogP contribution >= 0.6 is 11.6 Å². The van der Waals surface area contributed by atoms with E-state index in [4.69, 9.17) is 11.6 Å². The lowest BCUT2D eigenvalue weighted by atomic mass is 10.0. The molecule has 4 nitrogen and oxygen atoms in total. The Morgan fingerprint density at radius 3 is 2.44 bits per heavy atom. The summed E-state index contributed by atoms with van der Waals surface area (Å²) in [5.74, 6) is -1.56. The SMILES string of the molecule is Cn1cc(C(=O)Nc2ccc(F)cc2-c2ccc(Cl)cc2)c(C(F)(F)F)n1. The molecule has 0 aliphatic rings. The van der Waals surface area contributed by atoms with Gasteiger partial charge in [0, 0.05) is 29.5 Å². The number of amides is 1. The average Bonchev–Trinajstić information content (AvgIpc) is 3.00. The van der Waals surface area contributed by atoms with Gasteiger partial charge in [-0.3, -0.25) is 9.48 Å². The molecule has 0 aliphatic heterocycles. The largest absolute Gasteiger partial charge is 0.435 e. The number of alkyl halides is 3. The van der Waals surface area contributed by atoms with Gasteiger partial charge < -0.3 is 5.32 Å². The third-order valence-corrected chi connectivity index (χ3v) is 3.98. The lowest BCUT2D eigenvalue weighted by molar-refractivity contribution is -0.141. The summed E-state index contributed by atoms with van der Waals surface area (Å²) < 4.78 is 53.8. The Balaban J connectivity index is 2.00. The van der Waals surface area contributed by atoms with Gasteiger partial charge in [0.1, 0.15) is 5.82 Å². The Morgan fingerprint density at radius 1 is 1.15 bits per heavy atom. The number of rotatable bonds is 3. The summed E-state index contributed by atoms with van der Waals surface area (Å²) >= 11 is 5.84. The van der Waals surface area contributed by atoms with Gasteiger partial charge in [-0.05, 0) is 35.9 Å². The summed E-state index contributed by atoms with van der Waals surface area (Å²) in [7, 11) is 1.28. The Labute approximate surface area is 156 Å². The Bertz CT molecular complexity index is 997. The van der Waals surface area contributed by atoms with Crippen molar-refractivity contribution in [1.82, 2.24) is 9.78 Å². The molecule has 1 N–H and O–H groups in total. The summed E-state index contributed by atoms with van der Waals surface area (Å²) in [5, 5.41) is 6.17. The number of hydrogen-bond donors (Lipinski definition) is 1. The van der Waals surface area contributed by atoms with Crippen LogP contribution < -0.4 is 5.32 Å². The topological polar surface area (TPSA) is 46.9 Å². The number of nitrogens with one attached hydrogen (secondary N) is 1. The third-order valence-electron chi connectivity index (χ3n) is 3.73. The van der Waals surface area contributed by atoms with E-state index in [9.17, 15) is 22.4 Å².